The van der Waals surface area contributed by atoms with Crippen molar-refractivity contribution in [3.63, 3.8) is 0 Å². The Balaban J connectivity index is 2.13. The monoisotopic (exact) mass is 355 g/mol. The number of carbonyl (C=O) groups is 1. The van der Waals surface area contributed by atoms with E-state index in [1.165, 1.54) is 5.56 Å². The maximum absolute atomic E-state index is 12.7. The number of thioether (sulfide) groups is 1. The first-order valence-corrected chi connectivity index (χ1v) is 9.73. The second-order valence-corrected chi connectivity index (χ2v) is 9.35. The lowest BCUT2D eigenvalue weighted by atomic mass is 9.86. The highest BCUT2D eigenvalue weighted by Crippen LogP contribution is 2.27. The van der Waals surface area contributed by atoms with Gasteiger partial charge in [0, 0.05) is 10.1 Å². The predicted octanol–water partition coefficient (Wildman–Crippen LogP) is 5.98. The van der Waals surface area contributed by atoms with Gasteiger partial charge in [-0.25, -0.2) is 0 Å². The fourth-order valence-electron chi connectivity index (χ4n) is 2.64. The van der Waals surface area contributed by atoms with Crippen LogP contribution in [0.25, 0.3) is 0 Å². The Morgan fingerprint density at radius 3 is 2.12 bits per heavy atom. The van der Waals surface area contributed by atoms with Gasteiger partial charge in [0.15, 0.2) is 0 Å². The largest absolute Gasteiger partial charge is 0.345 e. The molecule has 0 aliphatic heterocycles. The highest BCUT2D eigenvalue weighted by Gasteiger charge is 2.17. The van der Waals surface area contributed by atoms with Crippen molar-refractivity contribution in [1.29, 1.82) is 0 Å². The highest BCUT2D eigenvalue weighted by atomic mass is 32.2. The van der Waals surface area contributed by atoms with Gasteiger partial charge < -0.3 is 5.32 Å². The van der Waals surface area contributed by atoms with E-state index in [4.69, 9.17) is 0 Å². The van der Waals surface area contributed by atoms with Crippen LogP contribution in [-0.4, -0.2) is 11.2 Å². The van der Waals surface area contributed by atoms with Gasteiger partial charge in [0.1, 0.15) is 0 Å². The Bertz CT molecular complexity index is 714. The molecule has 2 rings (SSSR count). The van der Waals surface area contributed by atoms with E-state index in [0.717, 1.165) is 16.0 Å². The summed E-state index contributed by atoms with van der Waals surface area (Å²) in [4.78, 5) is 13.8. The van der Waals surface area contributed by atoms with Gasteiger partial charge in [-0.2, -0.15) is 0 Å². The lowest BCUT2D eigenvalue weighted by Gasteiger charge is -2.21. The number of amides is 1. The van der Waals surface area contributed by atoms with Crippen molar-refractivity contribution in [2.24, 2.45) is 0 Å². The van der Waals surface area contributed by atoms with Crippen LogP contribution in [0.1, 0.15) is 69.1 Å². The molecule has 0 fully saturated rings. The number of hydrogen-bond acceptors (Lipinski definition) is 2. The van der Waals surface area contributed by atoms with Crippen molar-refractivity contribution in [2.75, 3.05) is 0 Å². The quantitative estimate of drug-likeness (QED) is 0.669. The number of nitrogens with one attached hydrogen (secondary N) is 1. The normalized spacial score (nSPS) is 12.9. The number of carbonyl (C=O) groups excluding carboxylic acids is 1. The third kappa shape index (κ3) is 5.37. The molecule has 1 atom stereocenters. The van der Waals surface area contributed by atoms with Crippen molar-refractivity contribution >= 4 is 17.7 Å². The van der Waals surface area contributed by atoms with Crippen LogP contribution in [0.15, 0.2) is 53.4 Å². The van der Waals surface area contributed by atoms with Gasteiger partial charge in [0.05, 0.1) is 11.6 Å². The second kappa shape index (κ2) is 8.09. The van der Waals surface area contributed by atoms with Gasteiger partial charge in [-0.1, -0.05) is 71.0 Å². The maximum Gasteiger partial charge on any atom is 0.252 e. The van der Waals surface area contributed by atoms with E-state index in [2.05, 4.69) is 64.2 Å². The van der Waals surface area contributed by atoms with Crippen LogP contribution in [0.2, 0.25) is 0 Å². The molecule has 0 bridgehead atoms. The maximum atomic E-state index is 12.7. The predicted molar refractivity (Wildman–Crippen MR) is 108 cm³/mol. The number of rotatable bonds is 5. The topological polar surface area (TPSA) is 29.1 Å². The Hall–Kier alpha value is -1.74. The van der Waals surface area contributed by atoms with Crippen LogP contribution in [0.3, 0.4) is 0 Å². The van der Waals surface area contributed by atoms with Crippen LogP contribution in [-0.2, 0) is 5.41 Å². The van der Waals surface area contributed by atoms with Gasteiger partial charge in [-0.05, 0) is 35.6 Å². The van der Waals surface area contributed by atoms with Gasteiger partial charge >= 0.3 is 0 Å². The van der Waals surface area contributed by atoms with E-state index in [1.807, 2.05) is 31.2 Å². The standard InChI is InChI=1S/C22H29NOS/c1-15(2)25-20-10-8-7-9-19(20)21(24)23-16(3)17-11-13-18(14-12-17)22(4,5)6/h7-16H,1-6H3,(H,23,24). The first kappa shape index (κ1) is 19.6. The molecular formula is C22H29NOS. The van der Waals surface area contributed by atoms with Crippen LogP contribution < -0.4 is 5.32 Å². The Labute approximate surface area is 156 Å². The Morgan fingerprint density at radius 2 is 1.56 bits per heavy atom. The van der Waals surface area contributed by atoms with E-state index < -0.39 is 0 Å². The zero-order valence-corrected chi connectivity index (χ0v) is 16.9. The molecule has 25 heavy (non-hydrogen) atoms. The summed E-state index contributed by atoms with van der Waals surface area (Å²) >= 11 is 1.72. The molecule has 0 saturated heterocycles. The summed E-state index contributed by atoms with van der Waals surface area (Å²) in [6, 6.07) is 16.3. The lowest BCUT2D eigenvalue weighted by molar-refractivity contribution is 0.0937. The third-order valence-corrected chi connectivity index (χ3v) is 5.20. The van der Waals surface area contributed by atoms with Crippen LogP contribution in [0.5, 0.6) is 0 Å². The molecule has 1 unspecified atom stereocenters. The minimum atomic E-state index is -0.0291. The molecule has 0 aliphatic rings. The van der Waals surface area contributed by atoms with Crippen molar-refractivity contribution in [3.8, 4) is 0 Å². The van der Waals surface area contributed by atoms with Crippen molar-refractivity contribution < 1.29 is 4.79 Å². The van der Waals surface area contributed by atoms with E-state index in [0.29, 0.717) is 5.25 Å². The van der Waals surface area contributed by atoms with Gasteiger partial charge in [0.2, 0.25) is 0 Å². The first-order chi connectivity index (χ1) is 11.7. The molecule has 1 amide bonds. The summed E-state index contributed by atoms with van der Waals surface area (Å²) in [5, 5.41) is 3.57. The molecule has 1 N–H and O–H groups in total. The summed E-state index contributed by atoms with van der Waals surface area (Å²) in [6.45, 7) is 12.9. The molecule has 0 aliphatic carbocycles. The smallest absolute Gasteiger partial charge is 0.252 e. The molecule has 0 aromatic heterocycles. The van der Waals surface area contributed by atoms with Crippen LogP contribution in [0, 0.1) is 0 Å². The van der Waals surface area contributed by atoms with E-state index >= 15 is 0 Å². The van der Waals surface area contributed by atoms with E-state index in [1.54, 1.807) is 11.8 Å². The summed E-state index contributed by atoms with van der Waals surface area (Å²) in [5.41, 5.74) is 3.31. The van der Waals surface area contributed by atoms with Crippen LogP contribution in [0.4, 0.5) is 0 Å². The fourth-order valence-corrected chi connectivity index (χ4v) is 3.59. The number of hydrogen-bond donors (Lipinski definition) is 1. The average molecular weight is 356 g/mol. The first-order valence-electron chi connectivity index (χ1n) is 8.85. The summed E-state index contributed by atoms with van der Waals surface area (Å²) in [6.07, 6.45) is 0. The minimum Gasteiger partial charge on any atom is -0.345 e. The lowest BCUT2D eigenvalue weighted by Crippen LogP contribution is -2.27. The molecule has 134 valence electrons. The molecule has 0 radical (unpaired) electrons. The van der Waals surface area contributed by atoms with Crippen LogP contribution >= 0.6 is 11.8 Å². The summed E-state index contributed by atoms with van der Waals surface area (Å²) in [7, 11) is 0. The van der Waals surface area contributed by atoms with E-state index in [-0.39, 0.29) is 17.4 Å². The zero-order chi connectivity index (χ0) is 18.6. The van der Waals surface area contributed by atoms with Crippen molar-refractivity contribution in [3.05, 3.63) is 65.2 Å². The zero-order valence-electron chi connectivity index (χ0n) is 16.1. The Morgan fingerprint density at radius 1 is 0.960 bits per heavy atom. The van der Waals surface area contributed by atoms with Crippen molar-refractivity contribution in [1.82, 2.24) is 5.32 Å². The molecular weight excluding hydrogens is 326 g/mol. The van der Waals surface area contributed by atoms with Crippen molar-refractivity contribution in [2.45, 2.75) is 63.1 Å². The minimum absolute atomic E-state index is 0.0175. The second-order valence-electron chi connectivity index (χ2n) is 7.73. The number of benzene rings is 2. The third-order valence-electron chi connectivity index (χ3n) is 4.12. The molecule has 0 spiro atoms. The van der Waals surface area contributed by atoms with Gasteiger partial charge in [-0.3, -0.25) is 4.79 Å². The average Bonchev–Trinajstić information content (AvgIpc) is 2.54. The molecule has 0 saturated carbocycles. The molecule has 2 aromatic rings. The SMILES string of the molecule is CC(C)Sc1ccccc1C(=O)NC(C)c1ccc(C(C)(C)C)cc1. The van der Waals surface area contributed by atoms with Gasteiger partial charge in [-0.15, -0.1) is 11.8 Å². The molecule has 2 nitrogen and oxygen atoms in total. The molecule has 2 aromatic carbocycles. The highest BCUT2D eigenvalue weighted by molar-refractivity contribution is 8.00. The molecule has 0 heterocycles. The summed E-state index contributed by atoms with van der Waals surface area (Å²) in [5.74, 6) is -0.0175. The summed E-state index contributed by atoms with van der Waals surface area (Å²) < 4.78 is 0. The van der Waals surface area contributed by atoms with Gasteiger partial charge in [0.25, 0.3) is 5.91 Å². The Kier molecular flexibility index (Phi) is 6.34. The van der Waals surface area contributed by atoms with E-state index in [9.17, 15) is 4.79 Å². The molecule has 3 heteroatoms. The fraction of sp³-hybridized carbons (Fsp3) is 0.409.